The maximum absolute atomic E-state index is 11.7. The fourth-order valence-electron chi connectivity index (χ4n) is 1.16. The van der Waals surface area contributed by atoms with E-state index in [0.717, 1.165) is 0 Å². The van der Waals surface area contributed by atoms with Gasteiger partial charge in [0.05, 0.1) is 6.42 Å². The first-order chi connectivity index (χ1) is 7.34. The predicted molar refractivity (Wildman–Crippen MR) is 60.2 cm³/mol. The van der Waals surface area contributed by atoms with Gasteiger partial charge >= 0.3 is 5.97 Å². The molecule has 0 aromatic heterocycles. The van der Waals surface area contributed by atoms with Crippen molar-refractivity contribution in [3.8, 4) is 0 Å². The fraction of sp³-hybridized carbons (Fsp3) is 0.200. The fourth-order valence-corrected chi connectivity index (χ4v) is 1.28. The van der Waals surface area contributed by atoms with Crippen molar-refractivity contribution in [2.75, 3.05) is 5.73 Å². The summed E-state index contributed by atoms with van der Waals surface area (Å²) in [5.41, 5.74) is 11.3. The van der Waals surface area contributed by atoms with Gasteiger partial charge in [-0.3, -0.25) is 4.79 Å². The number of rotatable bonds is 4. The van der Waals surface area contributed by atoms with Crippen LogP contribution in [0, 0.1) is 0 Å². The van der Waals surface area contributed by atoms with E-state index in [0.29, 0.717) is 0 Å². The minimum Gasteiger partial charge on any atom is -0.479 e. The molecule has 0 aliphatic carbocycles. The van der Waals surface area contributed by atoms with Crippen molar-refractivity contribution in [2.45, 2.75) is 11.4 Å². The van der Waals surface area contributed by atoms with E-state index in [1.165, 1.54) is 6.07 Å². The second kappa shape index (κ2) is 4.51. The minimum absolute atomic E-state index is 0.222. The van der Waals surface area contributed by atoms with E-state index >= 15 is 0 Å². The highest BCUT2D eigenvalue weighted by Gasteiger charge is 2.34. The molecule has 1 aromatic carbocycles. The first-order valence-corrected chi connectivity index (χ1v) is 4.81. The van der Waals surface area contributed by atoms with Gasteiger partial charge in [-0.1, -0.05) is 23.7 Å². The summed E-state index contributed by atoms with van der Waals surface area (Å²) < 4.78 is 0. The zero-order valence-corrected chi connectivity index (χ0v) is 9.07. The number of alkyl halides is 1. The van der Waals surface area contributed by atoms with Crippen LogP contribution >= 0.6 is 11.6 Å². The number of carbonyl (C=O) groups excluding carboxylic acids is 1. The number of carboxylic acids is 1. The average Bonchev–Trinajstić information content (AvgIpc) is 2.17. The Morgan fingerprint density at radius 2 is 1.94 bits per heavy atom. The van der Waals surface area contributed by atoms with Crippen LogP contribution in [0.4, 0.5) is 5.69 Å². The van der Waals surface area contributed by atoms with Gasteiger partial charge in [0.2, 0.25) is 0 Å². The van der Waals surface area contributed by atoms with E-state index in [9.17, 15) is 9.59 Å². The summed E-state index contributed by atoms with van der Waals surface area (Å²) in [6, 6.07) is 6.32. The van der Waals surface area contributed by atoms with Crippen LogP contribution in [0.15, 0.2) is 24.3 Å². The van der Waals surface area contributed by atoms with Crippen LogP contribution in [0.25, 0.3) is 0 Å². The Hall–Kier alpha value is -1.59. The molecule has 86 valence electrons. The molecule has 0 heterocycles. The highest BCUT2D eigenvalue weighted by molar-refractivity contribution is 6.34. The molecule has 1 atom stereocenters. The first kappa shape index (κ1) is 12.5. The number of Topliss-reactive ketones (excluding diaryl/α,β-unsaturated/α-hetero) is 1. The summed E-state index contributed by atoms with van der Waals surface area (Å²) in [5.74, 6) is -1.95. The molecular formula is C10H11ClN2O3. The number of hydrogen-bond acceptors (Lipinski definition) is 4. The lowest BCUT2D eigenvalue weighted by atomic mass is 10.0. The number of halogens is 1. The Labute approximate surface area is 97.0 Å². The lowest BCUT2D eigenvalue weighted by molar-refractivity contribution is -0.140. The van der Waals surface area contributed by atoms with Crippen LogP contribution in [0.3, 0.4) is 0 Å². The average molecular weight is 243 g/mol. The molecule has 0 amide bonds. The third-order valence-corrected chi connectivity index (χ3v) is 2.33. The zero-order chi connectivity index (χ0) is 12.3. The van der Waals surface area contributed by atoms with Crippen LogP contribution in [0.2, 0.25) is 0 Å². The Morgan fingerprint density at radius 1 is 1.38 bits per heavy atom. The first-order valence-electron chi connectivity index (χ1n) is 4.43. The number of carbonyl (C=O) groups is 2. The van der Waals surface area contributed by atoms with Crippen molar-refractivity contribution in [1.29, 1.82) is 0 Å². The number of nitrogen functional groups attached to an aromatic ring is 1. The number of hydrogen-bond donors (Lipinski definition) is 3. The van der Waals surface area contributed by atoms with Gasteiger partial charge in [-0.2, -0.15) is 0 Å². The molecule has 0 saturated carbocycles. The topological polar surface area (TPSA) is 106 Å². The van der Waals surface area contributed by atoms with E-state index in [1.807, 2.05) is 0 Å². The van der Waals surface area contributed by atoms with Crippen LogP contribution in [-0.4, -0.2) is 21.9 Å². The monoisotopic (exact) mass is 242 g/mol. The molecule has 0 aliphatic heterocycles. The van der Waals surface area contributed by atoms with Crippen LogP contribution in [-0.2, 0) is 4.79 Å². The molecule has 0 spiro atoms. The van der Waals surface area contributed by atoms with Crippen molar-refractivity contribution in [3.63, 3.8) is 0 Å². The summed E-state index contributed by atoms with van der Waals surface area (Å²) in [6.45, 7) is 0. The minimum atomic E-state index is -2.10. The molecule has 1 unspecified atom stereocenters. The second-order valence-corrected chi connectivity index (χ2v) is 4.03. The summed E-state index contributed by atoms with van der Waals surface area (Å²) in [4.78, 5) is 20.2. The number of benzene rings is 1. The van der Waals surface area contributed by atoms with Crippen molar-refractivity contribution >= 4 is 29.0 Å². The highest BCUT2D eigenvalue weighted by Crippen LogP contribution is 2.20. The Bertz CT molecular complexity index is 432. The molecule has 0 saturated heterocycles. The van der Waals surface area contributed by atoms with Crippen LogP contribution < -0.4 is 11.5 Å². The normalized spacial score (nSPS) is 14.1. The molecule has 5 nitrogen and oxygen atoms in total. The van der Waals surface area contributed by atoms with Gasteiger partial charge in [0.1, 0.15) is 0 Å². The van der Waals surface area contributed by atoms with Gasteiger partial charge in [0.15, 0.2) is 10.8 Å². The van der Waals surface area contributed by atoms with E-state index in [4.69, 9.17) is 28.2 Å². The van der Waals surface area contributed by atoms with E-state index in [-0.39, 0.29) is 11.3 Å². The molecule has 6 heteroatoms. The largest absolute Gasteiger partial charge is 0.479 e. The Kier molecular flexibility index (Phi) is 3.51. The van der Waals surface area contributed by atoms with E-state index in [2.05, 4.69) is 0 Å². The van der Waals surface area contributed by atoms with Crippen LogP contribution in [0.5, 0.6) is 0 Å². The quantitative estimate of drug-likeness (QED) is 0.314. The van der Waals surface area contributed by atoms with E-state index < -0.39 is 23.2 Å². The molecule has 0 bridgehead atoms. The van der Waals surface area contributed by atoms with Gasteiger partial charge in [0.25, 0.3) is 0 Å². The molecule has 1 rings (SSSR count). The van der Waals surface area contributed by atoms with Crippen molar-refractivity contribution in [1.82, 2.24) is 0 Å². The maximum Gasteiger partial charge on any atom is 0.339 e. The number of carboxylic acid groups (broad SMARTS) is 1. The molecule has 0 radical (unpaired) electrons. The molecule has 1 aromatic rings. The number of anilines is 1. The summed E-state index contributed by atoms with van der Waals surface area (Å²) >= 11 is 5.48. The molecule has 0 fully saturated rings. The van der Waals surface area contributed by atoms with Gasteiger partial charge in [-0.15, -0.1) is 0 Å². The van der Waals surface area contributed by atoms with E-state index in [1.54, 1.807) is 18.2 Å². The highest BCUT2D eigenvalue weighted by atomic mass is 35.5. The van der Waals surface area contributed by atoms with Crippen LogP contribution in [0.1, 0.15) is 16.8 Å². The number of nitrogens with two attached hydrogens (primary N) is 2. The summed E-state index contributed by atoms with van der Waals surface area (Å²) in [7, 11) is 0. The smallest absolute Gasteiger partial charge is 0.339 e. The molecular weight excluding hydrogens is 232 g/mol. The molecule has 16 heavy (non-hydrogen) atoms. The van der Waals surface area contributed by atoms with Crippen molar-refractivity contribution in [3.05, 3.63) is 29.8 Å². The second-order valence-electron chi connectivity index (χ2n) is 3.35. The number of para-hydroxylation sites is 1. The van der Waals surface area contributed by atoms with Crippen molar-refractivity contribution in [2.24, 2.45) is 5.73 Å². The molecule has 0 aliphatic rings. The van der Waals surface area contributed by atoms with Gasteiger partial charge in [0, 0.05) is 11.3 Å². The SMILES string of the molecule is Nc1ccccc1C(=O)CC(N)(Cl)C(=O)O. The third kappa shape index (κ3) is 2.71. The predicted octanol–water partition coefficient (Wildman–Crippen LogP) is 0.820. The lowest BCUT2D eigenvalue weighted by Gasteiger charge is -2.15. The van der Waals surface area contributed by atoms with Gasteiger partial charge < -0.3 is 16.6 Å². The van der Waals surface area contributed by atoms with Crippen molar-refractivity contribution < 1.29 is 14.7 Å². The Balaban J connectivity index is 2.89. The maximum atomic E-state index is 11.7. The molecule has 5 N–H and O–H groups in total. The number of aliphatic carboxylic acids is 1. The lowest BCUT2D eigenvalue weighted by Crippen LogP contribution is -2.44. The zero-order valence-electron chi connectivity index (χ0n) is 8.31. The Morgan fingerprint density at radius 3 is 2.44 bits per heavy atom. The third-order valence-electron chi connectivity index (χ3n) is 2.03. The summed E-state index contributed by atoms with van der Waals surface area (Å²) in [6.07, 6.45) is -0.516. The number of ketones is 1. The standard InChI is InChI=1S/C10H11ClN2O3/c11-10(13,9(15)16)5-8(14)6-3-1-2-4-7(6)12/h1-4H,5,12-13H2,(H,15,16). The van der Waals surface area contributed by atoms with Gasteiger partial charge in [-0.05, 0) is 12.1 Å². The summed E-state index contributed by atoms with van der Waals surface area (Å²) in [5, 5.41) is 8.67. The van der Waals surface area contributed by atoms with Gasteiger partial charge in [-0.25, -0.2) is 4.79 Å².